The van der Waals surface area contributed by atoms with E-state index in [0.717, 1.165) is 36.0 Å². The minimum absolute atomic E-state index is 0.0712. The van der Waals surface area contributed by atoms with Crippen LogP contribution in [0.5, 0.6) is 5.75 Å². The zero-order valence-corrected chi connectivity index (χ0v) is 19.7. The second-order valence-electron chi connectivity index (χ2n) is 10.6. The van der Waals surface area contributed by atoms with E-state index in [1.165, 1.54) is 0 Å². The SMILES string of the molecule is CCCC(C)(CC)COC(=O)CCc1cc(C(C)(C)C)c(O)c(C(C)(C)C)c1. The van der Waals surface area contributed by atoms with Crippen LogP contribution in [0.15, 0.2) is 12.1 Å². The smallest absolute Gasteiger partial charge is 0.306 e. The van der Waals surface area contributed by atoms with E-state index in [2.05, 4.69) is 62.3 Å². The van der Waals surface area contributed by atoms with Crippen molar-refractivity contribution in [2.24, 2.45) is 5.41 Å². The molecule has 0 heterocycles. The van der Waals surface area contributed by atoms with E-state index in [9.17, 15) is 9.90 Å². The summed E-state index contributed by atoms with van der Waals surface area (Å²) in [4.78, 5) is 12.3. The van der Waals surface area contributed by atoms with Crippen molar-refractivity contribution in [3.8, 4) is 5.75 Å². The van der Waals surface area contributed by atoms with E-state index in [-0.39, 0.29) is 22.2 Å². The molecule has 1 unspecified atom stereocenters. The Labute approximate surface area is 172 Å². The van der Waals surface area contributed by atoms with Gasteiger partial charge in [-0.05, 0) is 46.8 Å². The first-order valence-electron chi connectivity index (χ1n) is 10.8. The highest BCUT2D eigenvalue weighted by Gasteiger charge is 2.27. The molecule has 1 N–H and O–H groups in total. The number of ether oxygens (including phenoxy) is 1. The average molecular weight is 391 g/mol. The fourth-order valence-electron chi connectivity index (χ4n) is 3.51. The Hall–Kier alpha value is -1.51. The van der Waals surface area contributed by atoms with Crippen LogP contribution >= 0.6 is 0 Å². The van der Waals surface area contributed by atoms with Crippen LogP contribution in [0.2, 0.25) is 0 Å². The molecule has 0 aliphatic carbocycles. The summed E-state index contributed by atoms with van der Waals surface area (Å²) in [5.74, 6) is 0.239. The van der Waals surface area contributed by atoms with Gasteiger partial charge in [0.2, 0.25) is 0 Å². The zero-order valence-electron chi connectivity index (χ0n) is 19.7. The lowest BCUT2D eigenvalue weighted by Crippen LogP contribution is -2.24. The Morgan fingerprint density at radius 2 is 1.46 bits per heavy atom. The van der Waals surface area contributed by atoms with Crippen molar-refractivity contribution >= 4 is 5.97 Å². The van der Waals surface area contributed by atoms with E-state index in [1.807, 2.05) is 12.1 Å². The molecule has 0 radical (unpaired) electrons. The van der Waals surface area contributed by atoms with Crippen molar-refractivity contribution in [3.63, 3.8) is 0 Å². The lowest BCUT2D eigenvalue weighted by molar-refractivity contribution is -0.147. The van der Waals surface area contributed by atoms with Gasteiger partial charge in [0.1, 0.15) is 5.75 Å². The van der Waals surface area contributed by atoms with Crippen molar-refractivity contribution < 1.29 is 14.6 Å². The monoisotopic (exact) mass is 390 g/mol. The predicted octanol–water partition coefficient (Wildman–Crippen LogP) is 6.68. The van der Waals surface area contributed by atoms with Crippen LogP contribution in [0.25, 0.3) is 0 Å². The summed E-state index contributed by atoms with van der Waals surface area (Å²) in [6, 6.07) is 4.09. The molecule has 0 aliphatic rings. The molecular weight excluding hydrogens is 348 g/mol. The topological polar surface area (TPSA) is 46.5 Å². The highest BCUT2D eigenvalue weighted by Crippen LogP contribution is 2.40. The number of hydrogen-bond acceptors (Lipinski definition) is 3. The minimum atomic E-state index is -0.163. The fraction of sp³-hybridized carbons (Fsp3) is 0.720. The Kier molecular flexibility index (Phi) is 8.17. The molecule has 160 valence electrons. The molecule has 28 heavy (non-hydrogen) atoms. The summed E-state index contributed by atoms with van der Waals surface area (Å²) >= 11 is 0. The predicted molar refractivity (Wildman–Crippen MR) is 118 cm³/mol. The second kappa shape index (κ2) is 9.33. The van der Waals surface area contributed by atoms with E-state index in [4.69, 9.17) is 4.74 Å². The molecule has 0 spiro atoms. The largest absolute Gasteiger partial charge is 0.507 e. The maximum Gasteiger partial charge on any atom is 0.306 e. The molecule has 0 saturated carbocycles. The fourth-order valence-corrected chi connectivity index (χ4v) is 3.51. The van der Waals surface area contributed by atoms with Gasteiger partial charge >= 0.3 is 5.97 Å². The third-order valence-corrected chi connectivity index (χ3v) is 5.69. The van der Waals surface area contributed by atoms with Crippen LogP contribution in [0.3, 0.4) is 0 Å². The number of carbonyl (C=O) groups excluding carboxylic acids is 1. The van der Waals surface area contributed by atoms with Crippen molar-refractivity contribution in [2.75, 3.05) is 6.61 Å². The summed E-state index contributed by atoms with van der Waals surface area (Å²) in [7, 11) is 0. The standard InChI is InChI=1S/C25H42O3/c1-10-14-25(9,11-2)17-28-21(26)13-12-18-15-19(23(3,4)5)22(27)20(16-18)24(6,7)8/h15-16,27H,10-14,17H2,1-9H3. The molecule has 1 aromatic rings. The van der Waals surface area contributed by atoms with Crippen LogP contribution in [0.1, 0.15) is 105 Å². The van der Waals surface area contributed by atoms with Crippen LogP contribution in [0, 0.1) is 5.41 Å². The molecule has 1 atom stereocenters. The first kappa shape index (κ1) is 24.5. The van der Waals surface area contributed by atoms with Crippen LogP contribution in [-0.2, 0) is 26.8 Å². The van der Waals surface area contributed by atoms with Crippen LogP contribution < -0.4 is 0 Å². The van der Waals surface area contributed by atoms with E-state index < -0.39 is 0 Å². The number of aryl methyl sites for hydroxylation is 1. The van der Waals surface area contributed by atoms with Gasteiger partial charge in [0.15, 0.2) is 0 Å². The van der Waals surface area contributed by atoms with Gasteiger partial charge in [-0.1, -0.05) is 80.9 Å². The van der Waals surface area contributed by atoms with Gasteiger partial charge in [-0.15, -0.1) is 0 Å². The zero-order chi connectivity index (χ0) is 21.8. The number of carbonyl (C=O) groups is 1. The van der Waals surface area contributed by atoms with E-state index in [1.54, 1.807) is 0 Å². The third kappa shape index (κ3) is 6.83. The summed E-state index contributed by atoms with van der Waals surface area (Å²) in [5.41, 5.74) is 2.70. The molecule has 0 fully saturated rings. The highest BCUT2D eigenvalue weighted by atomic mass is 16.5. The molecule has 0 aliphatic heterocycles. The second-order valence-corrected chi connectivity index (χ2v) is 10.6. The number of phenols is 1. The summed E-state index contributed by atoms with van der Waals surface area (Å²) in [5, 5.41) is 10.8. The molecule has 3 heteroatoms. The van der Waals surface area contributed by atoms with Gasteiger partial charge in [-0.2, -0.15) is 0 Å². The number of esters is 1. The third-order valence-electron chi connectivity index (χ3n) is 5.69. The highest BCUT2D eigenvalue weighted by molar-refractivity contribution is 5.69. The number of benzene rings is 1. The minimum Gasteiger partial charge on any atom is -0.507 e. The molecule has 1 rings (SSSR count). The van der Waals surface area contributed by atoms with Gasteiger partial charge in [-0.25, -0.2) is 0 Å². The molecule has 3 nitrogen and oxygen atoms in total. The average Bonchev–Trinajstić information content (AvgIpc) is 2.57. The molecule has 0 aromatic heterocycles. The van der Waals surface area contributed by atoms with Crippen LogP contribution in [0.4, 0.5) is 0 Å². The quantitative estimate of drug-likeness (QED) is 0.504. The Morgan fingerprint density at radius 1 is 0.964 bits per heavy atom. The summed E-state index contributed by atoms with van der Waals surface area (Å²) in [6.07, 6.45) is 4.17. The number of phenolic OH excluding ortho intramolecular Hbond substituents is 1. The number of hydrogen-bond donors (Lipinski definition) is 1. The number of aromatic hydroxyl groups is 1. The maximum atomic E-state index is 12.3. The lowest BCUT2D eigenvalue weighted by atomic mass is 9.78. The van der Waals surface area contributed by atoms with Crippen LogP contribution in [-0.4, -0.2) is 17.7 Å². The number of rotatable bonds is 8. The first-order valence-corrected chi connectivity index (χ1v) is 10.8. The normalized spacial score (nSPS) is 14.6. The molecule has 1 aromatic carbocycles. The molecular formula is C25H42O3. The Bertz CT molecular complexity index is 626. The van der Waals surface area contributed by atoms with E-state index >= 15 is 0 Å². The maximum absolute atomic E-state index is 12.3. The van der Waals surface area contributed by atoms with Gasteiger partial charge < -0.3 is 9.84 Å². The Balaban J connectivity index is 2.93. The van der Waals surface area contributed by atoms with Crippen molar-refractivity contribution in [1.29, 1.82) is 0 Å². The van der Waals surface area contributed by atoms with Gasteiger partial charge in [-0.3, -0.25) is 4.79 Å². The van der Waals surface area contributed by atoms with Crippen molar-refractivity contribution in [3.05, 3.63) is 28.8 Å². The summed E-state index contributed by atoms with van der Waals surface area (Å²) < 4.78 is 5.60. The molecule has 0 amide bonds. The van der Waals surface area contributed by atoms with Gasteiger partial charge in [0.05, 0.1) is 6.61 Å². The van der Waals surface area contributed by atoms with Crippen molar-refractivity contribution in [1.82, 2.24) is 0 Å². The molecule has 0 bridgehead atoms. The first-order chi connectivity index (χ1) is 12.7. The summed E-state index contributed by atoms with van der Waals surface area (Å²) in [6.45, 7) is 19.6. The lowest BCUT2D eigenvalue weighted by Gasteiger charge is -2.28. The van der Waals surface area contributed by atoms with Crippen molar-refractivity contribution in [2.45, 2.75) is 105 Å². The molecule has 0 saturated heterocycles. The Morgan fingerprint density at radius 3 is 1.86 bits per heavy atom. The van der Waals surface area contributed by atoms with E-state index in [0.29, 0.717) is 25.2 Å². The van der Waals surface area contributed by atoms with Gasteiger partial charge in [0.25, 0.3) is 0 Å². The van der Waals surface area contributed by atoms with Gasteiger partial charge in [0, 0.05) is 11.8 Å².